The Kier molecular flexibility index (Phi) is 6.06. The lowest BCUT2D eigenvalue weighted by atomic mass is 10.1. The van der Waals surface area contributed by atoms with Gasteiger partial charge in [-0.15, -0.1) is 0 Å². The maximum Gasteiger partial charge on any atom is 0.279 e. The summed E-state index contributed by atoms with van der Waals surface area (Å²) in [4.78, 5) is 23.8. The monoisotopic (exact) mass is 382 g/mol. The van der Waals surface area contributed by atoms with Gasteiger partial charge in [-0.1, -0.05) is 30.3 Å². The lowest BCUT2D eigenvalue weighted by Crippen LogP contribution is -2.48. The smallest absolute Gasteiger partial charge is 0.279 e. The molecule has 0 aliphatic rings. The van der Waals surface area contributed by atoms with Crippen molar-refractivity contribution in [3.8, 4) is 11.5 Å². The summed E-state index contributed by atoms with van der Waals surface area (Å²) in [6.07, 6.45) is -0.882. The van der Waals surface area contributed by atoms with Crippen LogP contribution in [0.5, 0.6) is 11.5 Å². The summed E-state index contributed by atoms with van der Waals surface area (Å²) in [7, 11) is 0. The van der Waals surface area contributed by atoms with Crippen LogP contribution in [-0.2, 0) is 9.59 Å². The van der Waals surface area contributed by atoms with Crippen LogP contribution in [0.25, 0.3) is 10.8 Å². The van der Waals surface area contributed by atoms with Crippen LogP contribution >= 0.6 is 0 Å². The van der Waals surface area contributed by atoms with Gasteiger partial charge >= 0.3 is 0 Å². The Morgan fingerprint density at radius 3 is 2.36 bits per heavy atom. The Morgan fingerprint density at radius 1 is 0.929 bits per heavy atom. The molecule has 1 atom stereocenters. The average Bonchev–Trinajstić information content (AvgIpc) is 2.71. The number of carbonyl (C=O) groups excluding carboxylic acids is 2. The molecule has 3 aromatic carbocycles. The largest absolute Gasteiger partial charge is 0.484 e. The number of hydrazine groups is 1. The second-order valence-corrected chi connectivity index (χ2v) is 6.05. The van der Waals surface area contributed by atoms with Gasteiger partial charge in [-0.3, -0.25) is 20.4 Å². The Labute approximate surface area is 161 Å². The minimum atomic E-state index is -0.882. The molecule has 0 aliphatic carbocycles. The highest BCUT2D eigenvalue weighted by Gasteiger charge is 2.15. The van der Waals surface area contributed by atoms with Crippen molar-refractivity contribution in [3.63, 3.8) is 0 Å². The maximum atomic E-state index is 12.9. The van der Waals surface area contributed by atoms with E-state index in [0.29, 0.717) is 11.5 Å². The van der Waals surface area contributed by atoms with Crippen molar-refractivity contribution in [2.75, 3.05) is 6.61 Å². The van der Waals surface area contributed by atoms with E-state index < -0.39 is 23.7 Å². The van der Waals surface area contributed by atoms with Gasteiger partial charge in [-0.25, -0.2) is 4.39 Å². The molecule has 6 nitrogen and oxygen atoms in total. The van der Waals surface area contributed by atoms with E-state index in [1.807, 2.05) is 36.4 Å². The Hall–Kier alpha value is -3.61. The fourth-order valence-corrected chi connectivity index (χ4v) is 2.45. The standard InChI is InChI=1S/C21H19FN2O4/c1-14(28-18-10-7-17(22)8-11-18)21(26)24-23-20(25)13-27-19-9-6-15-4-2-3-5-16(15)12-19/h2-12,14H,13H2,1H3,(H,23,25)(H,24,26)/t14-/m0/s1. The SMILES string of the molecule is C[C@H](Oc1ccc(F)cc1)C(=O)NNC(=O)COc1ccc2ccccc2c1. The number of nitrogens with one attached hydrogen (secondary N) is 2. The highest BCUT2D eigenvalue weighted by molar-refractivity contribution is 5.86. The van der Waals surface area contributed by atoms with E-state index in [1.165, 1.54) is 31.2 Å². The number of benzene rings is 3. The van der Waals surface area contributed by atoms with Crippen molar-refractivity contribution < 1.29 is 23.5 Å². The van der Waals surface area contributed by atoms with Gasteiger partial charge in [0.25, 0.3) is 11.8 Å². The lowest BCUT2D eigenvalue weighted by Gasteiger charge is -2.15. The summed E-state index contributed by atoms with van der Waals surface area (Å²) >= 11 is 0. The van der Waals surface area contributed by atoms with E-state index >= 15 is 0 Å². The zero-order chi connectivity index (χ0) is 19.9. The maximum absolute atomic E-state index is 12.9. The van der Waals surface area contributed by atoms with Gasteiger partial charge in [0.1, 0.15) is 17.3 Å². The fourth-order valence-electron chi connectivity index (χ4n) is 2.45. The predicted octanol–water partition coefficient (Wildman–Crippen LogP) is 2.97. The lowest BCUT2D eigenvalue weighted by molar-refractivity contribution is -0.133. The molecule has 0 unspecified atom stereocenters. The molecular weight excluding hydrogens is 363 g/mol. The number of hydrogen-bond donors (Lipinski definition) is 2. The third kappa shape index (κ3) is 5.20. The van der Waals surface area contributed by atoms with Crippen molar-refractivity contribution in [2.24, 2.45) is 0 Å². The van der Waals surface area contributed by atoms with Crippen LogP contribution in [0, 0.1) is 5.82 Å². The predicted molar refractivity (Wildman–Crippen MR) is 102 cm³/mol. The Bertz CT molecular complexity index is 976. The third-order valence-electron chi connectivity index (χ3n) is 3.91. The molecule has 0 radical (unpaired) electrons. The molecule has 2 N–H and O–H groups in total. The number of fused-ring (bicyclic) bond motifs is 1. The average molecular weight is 382 g/mol. The van der Waals surface area contributed by atoms with Gasteiger partial charge in [-0.2, -0.15) is 0 Å². The fraction of sp³-hybridized carbons (Fsp3) is 0.143. The van der Waals surface area contributed by atoms with Crippen LogP contribution in [0.2, 0.25) is 0 Å². The van der Waals surface area contributed by atoms with E-state index in [2.05, 4.69) is 10.9 Å². The van der Waals surface area contributed by atoms with E-state index in [1.54, 1.807) is 6.07 Å². The third-order valence-corrected chi connectivity index (χ3v) is 3.91. The van der Waals surface area contributed by atoms with E-state index in [-0.39, 0.29) is 6.61 Å². The summed E-state index contributed by atoms with van der Waals surface area (Å²) in [5.74, 6) is -0.579. The first-order valence-corrected chi connectivity index (χ1v) is 8.64. The molecule has 0 saturated carbocycles. The molecule has 144 valence electrons. The second-order valence-electron chi connectivity index (χ2n) is 6.05. The number of halogens is 1. The topological polar surface area (TPSA) is 76.7 Å². The summed E-state index contributed by atoms with van der Waals surface area (Å²) in [5, 5.41) is 2.07. The Balaban J connectivity index is 1.43. The van der Waals surface area contributed by atoms with Gasteiger partial charge in [0.15, 0.2) is 12.7 Å². The van der Waals surface area contributed by atoms with E-state index in [4.69, 9.17) is 9.47 Å². The Morgan fingerprint density at radius 2 is 1.61 bits per heavy atom. The minimum absolute atomic E-state index is 0.258. The summed E-state index contributed by atoms with van der Waals surface area (Å²) in [5.41, 5.74) is 4.52. The first kappa shape index (κ1) is 19.2. The van der Waals surface area contributed by atoms with Crippen LogP contribution in [0.15, 0.2) is 66.7 Å². The van der Waals surface area contributed by atoms with Crippen molar-refractivity contribution in [1.82, 2.24) is 10.9 Å². The molecule has 3 rings (SSSR count). The first-order valence-electron chi connectivity index (χ1n) is 8.64. The van der Waals surface area contributed by atoms with E-state index in [9.17, 15) is 14.0 Å². The highest BCUT2D eigenvalue weighted by atomic mass is 19.1. The van der Waals surface area contributed by atoms with Crippen LogP contribution in [-0.4, -0.2) is 24.5 Å². The molecule has 0 spiro atoms. The van der Waals surface area contributed by atoms with Gasteiger partial charge < -0.3 is 9.47 Å². The molecule has 7 heteroatoms. The van der Waals surface area contributed by atoms with Gasteiger partial charge in [0.2, 0.25) is 0 Å². The van der Waals surface area contributed by atoms with Gasteiger partial charge in [0.05, 0.1) is 0 Å². The molecule has 0 aromatic heterocycles. The van der Waals surface area contributed by atoms with Crippen LogP contribution < -0.4 is 20.3 Å². The zero-order valence-corrected chi connectivity index (χ0v) is 15.1. The molecular formula is C21H19FN2O4. The van der Waals surface area contributed by atoms with Crippen LogP contribution in [0.4, 0.5) is 4.39 Å². The highest BCUT2D eigenvalue weighted by Crippen LogP contribution is 2.20. The number of ether oxygens (including phenoxy) is 2. The zero-order valence-electron chi connectivity index (χ0n) is 15.1. The van der Waals surface area contributed by atoms with Crippen LogP contribution in [0.3, 0.4) is 0 Å². The molecule has 0 saturated heterocycles. The van der Waals surface area contributed by atoms with E-state index in [0.717, 1.165) is 10.8 Å². The number of amides is 2. The van der Waals surface area contributed by atoms with Crippen LogP contribution in [0.1, 0.15) is 6.92 Å². The minimum Gasteiger partial charge on any atom is -0.484 e. The quantitative estimate of drug-likeness (QED) is 0.643. The summed E-state index contributed by atoms with van der Waals surface area (Å²) in [6, 6.07) is 18.6. The number of hydrogen-bond acceptors (Lipinski definition) is 4. The molecule has 3 aromatic rings. The normalized spacial score (nSPS) is 11.5. The molecule has 0 heterocycles. The van der Waals surface area contributed by atoms with Crippen molar-refractivity contribution in [1.29, 1.82) is 0 Å². The molecule has 0 fully saturated rings. The molecule has 2 amide bonds. The molecule has 0 bridgehead atoms. The summed E-state index contributed by atoms with van der Waals surface area (Å²) in [6.45, 7) is 1.25. The molecule has 28 heavy (non-hydrogen) atoms. The molecule has 0 aliphatic heterocycles. The van der Waals surface area contributed by atoms with Gasteiger partial charge in [0, 0.05) is 0 Å². The van der Waals surface area contributed by atoms with Gasteiger partial charge in [-0.05, 0) is 54.1 Å². The number of rotatable bonds is 6. The van der Waals surface area contributed by atoms with Crippen molar-refractivity contribution in [2.45, 2.75) is 13.0 Å². The second kappa shape index (κ2) is 8.85. The van der Waals surface area contributed by atoms with Crippen molar-refractivity contribution >= 4 is 22.6 Å². The van der Waals surface area contributed by atoms with Crippen molar-refractivity contribution in [3.05, 3.63) is 72.5 Å². The first-order chi connectivity index (χ1) is 13.5. The summed E-state index contributed by atoms with van der Waals surface area (Å²) < 4.78 is 23.7. The number of carbonyl (C=O) groups is 2.